The molecule has 4 rings (SSSR count). The van der Waals surface area contributed by atoms with Crippen LogP contribution in [0.3, 0.4) is 0 Å². The Morgan fingerprint density at radius 2 is 2.14 bits per heavy atom. The molecule has 0 unspecified atom stereocenters. The number of aryl methyl sites for hydroxylation is 1. The van der Waals surface area contributed by atoms with Crippen molar-refractivity contribution < 1.29 is 0 Å². The highest BCUT2D eigenvalue weighted by Crippen LogP contribution is 2.37. The minimum Gasteiger partial charge on any atom is -0.363 e. The van der Waals surface area contributed by atoms with Gasteiger partial charge in [-0.3, -0.25) is 5.10 Å². The Labute approximate surface area is 137 Å². The van der Waals surface area contributed by atoms with Crippen molar-refractivity contribution in [2.45, 2.75) is 27.3 Å². The number of H-pyrrole nitrogens is 1. The average molecular weight is 330 g/mol. The summed E-state index contributed by atoms with van der Waals surface area (Å²) in [5.74, 6) is 0.913. The van der Waals surface area contributed by atoms with Crippen molar-refractivity contribution in [3.63, 3.8) is 0 Å². The fourth-order valence-electron chi connectivity index (χ4n) is 2.32. The van der Waals surface area contributed by atoms with Crippen molar-refractivity contribution in [3.8, 4) is 0 Å². The van der Waals surface area contributed by atoms with E-state index < -0.39 is 0 Å². The highest BCUT2D eigenvalue weighted by molar-refractivity contribution is 7.26. The van der Waals surface area contributed by atoms with Crippen molar-refractivity contribution in [3.05, 3.63) is 40.2 Å². The molecule has 0 atom stereocenters. The van der Waals surface area contributed by atoms with Crippen LogP contribution in [0.15, 0.2) is 29.8 Å². The van der Waals surface area contributed by atoms with Crippen molar-refractivity contribution in [2.24, 2.45) is 0 Å². The zero-order valence-electron chi connectivity index (χ0n) is 12.8. The maximum atomic E-state index is 4.45. The van der Waals surface area contributed by atoms with Crippen molar-refractivity contribution >= 4 is 48.9 Å². The predicted molar refractivity (Wildman–Crippen MR) is 97.0 cm³/mol. The second-order valence-corrected chi connectivity index (χ2v) is 6.65. The lowest BCUT2D eigenvalue weighted by Crippen LogP contribution is -1.97. The summed E-state index contributed by atoms with van der Waals surface area (Å²) in [4.78, 5) is 6.81. The van der Waals surface area contributed by atoms with Gasteiger partial charge in [0.2, 0.25) is 0 Å². The molecule has 0 fully saturated rings. The third kappa shape index (κ3) is 2.60. The van der Waals surface area contributed by atoms with Crippen LogP contribution >= 0.6 is 22.7 Å². The summed E-state index contributed by atoms with van der Waals surface area (Å²) in [6.07, 6.45) is 1.86. The molecule has 6 heteroatoms. The molecule has 0 aromatic carbocycles. The van der Waals surface area contributed by atoms with Gasteiger partial charge in [0.15, 0.2) is 5.82 Å². The molecule has 4 aromatic heterocycles. The smallest absolute Gasteiger partial charge is 0.166 e. The molecule has 4 nitrogen and oxygen atoms in total. The number of anilines is 1. The van der Waals surface area contributed by atoms with Gasteiger partial charge >= 0.3 is 0 Å². The Hall–Kier alpha value is -1.92. The Balaban J connectivity index is 0.000000693. The first-order valence-corrected chi connectivity index (χ1v) is 9.01. The molecule has 0 aliphatic carbocycles. The Morgan fingerprint density at radius 1 is 1.27 bits per heavy atom. The molecule has 22 heavy (non-hydrogen) atoms. The van der Waals surface area contributed by atoms with Gasteiger partial charge in [-0.1, -0.05) is 19.9 Å². The number of pyridine rings is 1. The standard InChI is InChI=1S/C14H12N4S2.C2H6/c1-8-4-5-15-14-10(8)11-12(20-14)13(18-17-11)16-7-9-3-2-6-19-9;1-2/h2-6H,7H2,1H3,(H2,16,17,18);1-2H3. The van der Waals surface area contributed by atoms with E-state index in [0.29, 0.717) is 0 Å². The van der Waals surface area contributed by atoms with Gasteiger partial charge in [-0.2, -0.15) is 5.10 Å². The van der Waals surface area contributed by atoms with E-state index in [2.05, 4.69) is 44.9 Å². The molecule has 4 heterocycles. The summed E-state index contributed by atoms with van der Waals surface area (Å²) < 4.78 is 1.15. The third-order valence-corrected chi connectivity index (χ3v) is 5.29. The number of aromatic amines is 1. The summed E-state index contributed by atoms with van der Waals surface area (Å²) in [7, 11) is 0. The predicted octanol–water partition coefficient (Wildman–Crippen LogP) is 5.18. The molecule has 0 saturated carbocycles. The average Bonchev–Trinajstić information content (AvgIpc) is 3.24. The molecule has 0 radical (unpaired) electrons. The van der Waals surface area contributed by atoms with Gasteiger partial charge in [-0.15, -0.1) is 22.7 Å². The lowest BCUT2D eigenvalue weighted by molar-refractivity contribution is 1.08. The van der Waals surface area contributed by atoms with E-state index in [9.17, 15) is 0 Å². The molecular formula is C16H18N4S2. The van der Waals surface area contributed by atoms with Crippen LogP contribution in [0.4, 0.5) is 5.82 Å². The first-order chi connectivity index (χ1) is 10.8. The van der Waals surface area contributed by atoms with Gasteiger partial charge in [-0.05, 0) is 30.0 Å². The molecule has 0 spiro atoms. The Bertz CT molecular complexity index is 874. The van der Waals surface area contributed by atoms with Gasteiger partial charge in [-0.25, -0.2) is 4.98 Å². The van der Waals surface area contributed by atoms with Crippen LogP contribution in [-0.4, -0.2) is 15.2 Å². The second-order valence-electron chi connectivity index (χ2n) is 4.62. The number of thiophene rings is 2. The maximum absolute atomic E-state index is 4.45. The van der Waals surface area contributed by atoms with Gasteiger partial charge in [0.05, 0.1) is 16.8 Å². The van der Waals surface area contributed by atoms with Crippen LogP contribution in [0.1, 0.15) is 24.3 Å². The number of nitrogens with one attached hydrogen (secondary N) is 2. The molecule has 4 aromatic rings. The summed E-state index contributed by atoms with van der Waals surface area (Å²) in [6, 6.07) is 6.22. The fourth-order valence-corrected chi connectivity index (χ4v) is 4.10. The van der Waals surface area contributed by atoms with E-state index in [0.717, 1.165) is 27.4 Å². The first-order valence-electron chi connectivity index (χ1n) is 7.31. The maximum Gasteiger partial charge on any atom is 0.166 e. The number of nitrogens with zero attached hydrogens (tertiary/aromatic N) is 2. The normalized spacial score (nSPS) is 10.7. The van der Waals surface area contributed by atoms with Crippen LogP contribution in [0.5, 0.6) is 0 Å². The number of hydrogen-bond acceptors (Lipinski definition) is 5. The zero-order chi connectivity index (χ0) is 15.5. The minimum atomic E-state index is 0.804. The molecule has 0 aliphatic heterocycles. The van der Waals surface area contributed by atoms with E-state index >= 15 is 0 Å². The van der Waals surface area contributed by atoms with Crippen molar-refractivity contribution in [2.75, 3.05) is 5.32 Å². The minimum absolute atomic E-state index is 0.804. The van der Waals surface area contributed by atoms with Crippen LogP contribution in [-0.2, 0) is 6.54 Å². The molecule has 0 bridgehead atoms. The SMILES string of the molecule is CC.Cc1ccnc2sc3c(NCc4cccs4)n[nH]c3c12. The van der Waals surface area contributed by atoms with E-state index in [1.165, 1.54) is 15.8 Å². The van der Waals surface area contributed by atoms with E-state index in [1.54, 1.807) is 22.7 Å². The Kier molecular flexibility index (Phi) is 4.40. The third-order valence-electron chi connectivity index (χ3n) is 3.31. The lowest BCUT2D eigenvalue weighted by Gasteiger charge is -1.99. The van der Waals surface area contributed by atoms with E-state index in [-0.39, 0.29) is 0 Å². The number of aromatic nitrogens is 3. The second kappa shape index (κ2) is 6.46. The molecule has 2 N–H and O–H groups in total. The summed E-state index contributed by atoms with van der Waals surface area (Å²) in [5, 5.41) is 14.2. The molecule has 0 aliphatic rings. The van der Waals surface area contributed by atoms with Crippen LogP contribution in [0.25, 0.3) is 20.4 Å². The van der Waals surface area contributed by atoms with Gasteiger partial charge in [0.25, 0.3) is 0 Å². The Morgan fingerprint density at radius 3 is 2.91 bits per heavy atom. The van der Waals surface area contributed by atoms with Gasteiger partial charge in [0, 0.05) is 16.5 Å². The van der Waals surface area contributed by atoms with Crippen molar-refractivity contribution in [1.29, 1.82) is 0 Å². The first kappa shape index (κ1) is 15.0. The fraction of sp³-hybridized carbons (Fsp3) is 0.250. The molecular weight excluding hydrogens is 312 g/mol. The number of hydrogen-bond donors (Lipinski definition) is 2. The van der Waals surface area contributed by atoms with Crippen LogP contribution in [0, 0.1) is 6.92 Å². The van der Waals surface area contributed by atoms with Crippen LogP contribution < -0.4 is 5.32 Å². The van der Waals surface area contributed by atoms with Crippen LogP contribution in [0.2, 0.25) is 0 Å². The zero-order valence-corrected chi connectivity index (χ0v) is 14.4. The number of fused-ring (bicyclic) bond motifs is 3. The monoisotopic (exact) mass is 330 g/mol. The quantitative estimate of drug-likeness (QED) is 0.544. The molecule has 0 amide bonds. The highest BCUT2D eigenvalue weighted by Gasteiger charge is 2.14. The summed E-state index contributed by atoms with van der Waals surface area (Å²) in [6.45, 7) is 6.91. The molecule has 0 saturated heterocycles. The van der Waals surface area contributed by atoms with Gasteiger partial charge in [0.1, 0.15) is 4.83 Å². The van der Waals surface area contributed by atoms with E-state index in [4.69, 9.17) is 0 Å². The highest BCUT2D eigenvalue weighted by atomic mass is 32.1. The van der Waals surface area contributed by atoms with E-state index in [1.807, 2.05) is 26.1 Å². The number of rotatable bonds is 3. The molecule has 114 valence electrons. The lowest BCUT2D eigenvalue weighted by atomic mass is 10.2. The van der Waals surface area contributed by atoms with Gasteiger partial charge < -0.3 is 5.32 Å². The summed E-state index contributed by atoms with van der Waals surface area (Å²) >= 11 is 3.43. The largest absolute Gasteiger partial charge is 0.363 e. The summed E-state index contributed by atoms with van der Waals surface area (Å²) in [5.41, 5.74) is 2.32. The van der Waals surface area contributed by atoms with Crippen molar-refractivity contribution in [1.82, 2.24) is 15.2 Å². The topological polar surface area (TPSA) is 53.6 Å².